The summed E-state index contributed by atoms with van der Waals surface area (Å²) in [6.07, 6.45) is -18.3. The third-order valence-electron chi connectivity index (χ3n) is 27.9. The summed E-state index contributed by atoms with van der Waals surface area (Å²) in [7, 11) is 0. The van der Waals surface area contributed by atoms with Gasteiger partial charge >= 0.3 is 0 Å². The normalized spacial score (nSPS) is 42.2. The third kappa shape index (κ3) is 28.9. The Morgan fingerprint density at radius 1 is 0.339 bits per heavy atom. The molecule has 37 atom stereocenters. The molecule has 5 aliphatic carbocycles. The largest absolute Gasteiger partial charge is 0.394 e. The van der Waals surface area contributed by atoms with E-state index in [1.54, 1.807) is 5.57 Å². The molecule has 4 saturated carbocycles. The highest BCUT2D eigenvalue weighted by molar-refractivity contribution is 8.00. The lowest BCUT2D eigenvalue weighted by Gasteiger charge is -2.58. The Bertz CT molecular complexity index is 2960. The van der Waals surface area contributed by atoms with Crippen LogP contribution in [-0.4, -0.2) is 442 Å². The van der Waals surface area contributed by atoms with Gasteiger partial charge in [0.1, 0.15) is 186 Å². The molecule has 127 heavy (non-hydrogen) atoms. The highest BCUT2D eigenvalue weighted by atomic mass is 32.2. The molecule has 40 heteroatoms. The first kappa shape index (κ1) is 109. The van der Waals surface area contributed by atoms with Gasteiger partial charge in [0.05, 0.1) is 78.8 Å². The Morgan fingerprint density at radius 3 is 0.992 bits per heavy atom. The number of allylic oxidation sites excluding steroid dienone is 1. The molecule has 0 spiro atoms. The summed E-state index contributed by atoms with van der Waals surface area (Å²) in [6.45, 7) is 11.3. The van der Waals surface area contributed by atoms with Gasteiger partial charge in [-0.25, -0.2) is 0 Å². The van der Waals surface area contributed by atoms with E-state index in [4.69, 9.17) is 71.1 Å². The number of hydrogen-bond donors (Lipinski definition) is 20. The molecule has 10 aliphatic rings. The van der Waals surface area contributed by atoms with Crippen molar-refractivity contribution in [2.75, 3.05) is 148 Å². The smallest absolute Gasteiger partial charge is 0.132 e. The first-order valence-electron chi connectivity index (χ1n) is 46.4. The van der Waals surface area contributed by atoms with Gasteiger partial charge in [0, 0.05) is 46.2 Å². The van der Waals surface area contributed by atoms with Gasteiger partial charge in [0.2, 0.25) is 0 Å². The lowest BCUT2D eigenvalue weighted by molar-refractivity contribution is -0.282. The number of fused-ring (bicyclic) bond motifs is 5. The molecule has 0 bridgehead atoms. The van der Waals surface area contributed by atoms with Crippen LogP contribution in [0.4, 0.5) is 0 Å². The van der Waals surface area contributed by atoms with Crippen LogP contribution < -0.4 is 0 Å². The zero-order valence-electron chi connectivity index (χ0n) is 74.4. The molecule has 0 aromatic heterocycles. The van der Waals surface area contributed by atoms with E-state index in [1.165, 1.54) is 51.4 Å². The van der Waals surface area contributed by atoms with Gasteiger partial charge in [-0.15, -0.1) is 58.8 Å². The van der Waals surface area contributed by atoms with Gasteiger partial charge in [-0.05, 0) is 165 Å². The van der Waals surface area contributed by atoms with Crippen molar-refractivity contribution in [3.63, 3.8) is 0 Å². The zero-order chi connectivity index (χ0) is 91.7. The van der Waals surface area contributed by atoms with Crippen LogP contribution in [0.3, 0.4) is 0 Å². The maximum atomic E-state index is 11.0. The number of hydrogen-bond acceptors (Lipinski definition) is 40. The van der Waals surface area contributed by atoms with Crippen molar-refractivity contribution in [3.8, 4) is 0 Å². The van der Waals surface area contributed by atoms with Gasteiger partial charge in [-0.3, -0.25) is 0 Å². The van der Waals surface area contributed by atoms with Gasteiger partial charge in [-0.2, -0.15) is 0 Å². The summed E-state index contributed by atoms with van der Waals surface area (Å²) in [6, 6.07) is 0. The maximum Gasteiger partial charge on any atom is 0.132 e. The van der Waals surface area contributed by atoms with E-state index in [0.717, 1.165) is 114 Å². The topological polar surface area (TPSA) is 543 Å². The standard InChI is InChI=1S/C87H154O35S5/c1-47(2)13-6-14-48(3)52-17-18-53-51-16-15-49-41-50(19-21-86(49,4)54(51)20-22-87(52,53)5)111-35-34-110-33-32-109-31-30-108-23-7-24-112-75-76(113-25-8-36-123-81-70(103)65(98)60(93)55(42-88)118-81)78(115-27-10-38-125-83-72(105)67(100)62(95)57(44-90)120-83)80(117-29-12-40-127-85-74(107)69(102)64(97)59(46-92)122-85)79(116-28-11-39-126-84-73(106)68(101)63(96)58(45-91)121-84)77(75)114-26-9-37-124-82-71(104)66(99)61(94)56(43-89)119-82/h15,47-48,50-85,88-107H,6-14,16-46H2,1-5H3/t48-,50-,51+,52-,53+,54+,55-,56-,57-,58-,59-,60+,61+,62+,63+,64+,65+,66+,67+,68+,69+,70-,71-,72-,73-,74-,75?,76?,77?,78?,79?,80?,81+,82+,83+,84+,85+,86+,87-/m1/s1. The molecular formula is C87H154O35S5. The number of rotatable bonds is 55. The Morgan fingerprint density at radius 2 is 0.661 bits per heavy atom. The first-order valence-corrected chi connectivity index (χ1v) is 51.7. The van der Waals surface area contributed by atoms with E-state index in [0.29, 0.717) is 38.3 Å². The first-order chi connectivity index (χ1) is 61.1. The van der Waals surface area contributed by atoms with E-state index >= 15 is 0 Å². The number of aliphatic hydroxyl groups excluding tert-OH is 20. The quantitative estimate of drug-likeness (QED) is 0.0277. The average molecular weight is 1920 g/mol. The molecule has 5 saturated heterocycles. The minimum atomic E-state index is -1.63. The fraction of sp³-hybridized carbons (Fsp3) is 0.977. The molecule has 35 nitrogen and oxygen atoms in total. The van der Waals surface area contributed by atoms with E-state index in [2.05, 4.69) is 40.7 Å². The Balaban J connectivity index is 0.820. The van der Waals surface area contributed by atoms with Crippen molar-refractivity contribution < 1.29 is 173 Å². The van der Waals surface area contributed by atoms with Crippen molar-refractivity contribution in [3.05, 3.63) is 11.6 Å². The molecular weight excluding hydrogens is 1770 g/mol. The van der Waals surface area contributed by atoms with Crippen molar-refractivity contribution in [2.45, 2.75) is 336 Å². The summed E-state index contributed by atoms with van der Waals surface area (Å²) < 4.78 is 95.7. The molecule has 742 valence electrons. The summed E-state index contributed by atoms with van der Waals surface area (Å²) >= 11 is 5.54. The van der Waals surface area contributed by atoms with Crippen LogP contribution in [0.2, 0.25) is 0 Å². The SMILES string of the molecule is CC(C)CCC[C@@H](C)[C@H]1CC[C@H]2[C@@H]3CC=C4C[C@H](OCCOCCOCCOCCCOC5C(OCCCS[C@@H]6O[C@H](CO)[C@H](O)[C@H](O)[C@H]6O)C(OCCCS[C@@H]6O[C@H](CO)[C@H](O)[C@H](O)[C@H]6O)C(OCCCS[C@@H]6O[C@H](CO)[C@H](O)[C@H](O)[C@H]6O)C(OCCCS[C@@H]6O[C@H](CO)[C@H](O)[C@H](O)[C@H]6O)C5OCCCS[C@@H]5O[C@H](CO)[C@H](O)[C@H](O)[C@H]5O)CC[C@]4(C)[C@H]3CC[C@]12C. The fourth-order valence-electron chi connectivity index (χ4n) is 20.7. The molecule has 5 heterocycles. The molecule has 0 aromatic rings. The Labute approximate surface area is 769 Å². The second kappa shape index (κ2) is 54.6. The van der Waals surface area contributed by atoms with Crippen molar-refractivity contribution in [1.29, 1.82) is 0 Å². The van der Waals surface area contributed by atoms with Crippen molar-refractivity contribution in [1.82, 2.24) is 0 Å². The summed E-state index contributed by atoms with van der Waals surface area (Å²) in [5.74, 6) is 5.85. The number of thioether (sulfide) groups is 5. The second-order valence-electron chi connectivity index (χ2n) is 36.8. The summed E-state index contributed by atoms with van der Waals surface area (Å²) in [5.41, 5.74) is -3.08. The molecule has 9 fully saturated rings. The van der Waals surface area contributed by atoms with Crippen LogP contribution in [0.1, 0.15) is 144 Å². The minimum absolute atomic E-state index is 0.0180. The molecule has 4 unspecified atom stereocenters. The molecule has 5 aliphatic heterocycles. The second-order valence-corrected chi connectivity index (χ2v) is 42.9. The van der Waals surface area contributed by atoms with Crippen molar-refractivity contribution in [2.24, 2.45) is 46.3 Å². The predicted octanol–water partition coefficient (Wildman–Crippen LogP) is -0.206. The predicted molar refractivity (Wildman–Crippen MR) is 473 cm³/mol. The van der Waals surface area contributed by atoms with E-state index in [1.807, 2.05) is 0 Å². The third-order valence-corrected chi connectivity index (χ3v) is 34.1. The highest BCUT2D eigenvalue weighted by Gasteiger charge is 2.61. The van der Waals surface area contributed by atoms with E-state index in [9.17, 15) is 102 Å². The van der Waals surface area contributed by atoms with Crippen LogP contribution >= 0.6 is 58.8 Å². The van der Waals surface area contributed by atoms with Crippen LogP contribution in [-0.2, 0) is 71.1 Å². The molecule has 20 N–H and O–H groups in total. The molecule has 0 amide bonds. The Kier molecular flexibility index (Phi) is 46.9. The summed E-state index contributed by atoms with van der Waals surface area (Å²) in [5, 5.41) is 211. The van der Waals surface area contributed by atoms with Gasteiger partial charge in [0.15, 0.2) is 0 Å². The van der Waals surface area contributed by atoms with E-state index in [-0.39, 0.29) is 132 Å². The fourth-order valence-corrected chi connectivity index (χ4v) is 26.1. The molecule has 0 radical (unpaired) electrons. The van der Waals surface area contributed by atoms with Crippen LogP contribution in [0.5, 0.6) is 0 Å². The van der Waals surface area contributed by atoms with Gasteiger partial charge in [-0.1, -0.05) is 65.5 Å². The van der Waals surface area contributed by atoms with Crippen LogP contribution in [0.15, 0.2) is 11.6 Å². The van der Waals surface area contributed by atoms with Crippen molar-refractivity contribution >= 4 is 58.8 Å². The molecule has 0 aromatic carbocycles. The minimum Gasteiger partial charge on any atom is -0.394 e. The van der Waals surface area contributed by atoms with Crippen LogP contribution in [0.25, 0.3) is 0 Å². The average Bonchev–Trinajstić information content (AvgIpc) is 0.745. The summed E-state index contributed by atoms with van der Waals surface area (Å²) in [4.78, 5) is 0. The maximum absolute atomic E-state index is 11.0. The lowest BCUT2D eigenvalue weighted by atomic mass is 9.47. The van der Waals surface area contributed by atoms with Gasteiger partial charge < -0.3 is 173 Å². The lowest BCUT2D eigenvalue weighted by Crippen LogP contribution is -2.68. The van der Waals surface area contributed by atoms with E-state index < -0.39 is 219 Å². The number of ether oxygens (including phenoxy) is 15. The Hall–Kier alpha value is 0.0900. The van der Waals surface area contributed by atoms with Crippen LogP contribution in [0, 0.1) is 46.3 Å². The highest BCUT2D eigenvalue weighted by Crippen LogP contribution is 2.68. The molecule has 10 rings (SSSR count). The number of aliphatic hydroxyl groups is 20. The monoisotopic (exact) mass is 1920 g/mol. The van der Waals surface area contributed by atoms with Gasteiger partial charge in [0.25, 0.3) is 0 Å². The zero-order valence-corrected chi connectivity index (χ0v) is 78.5.